The number of likely N-dealkylation sites (tertiary alicyclic amines) is 1. The first kappa shape index (κ1) is 15.6. The van der Waals surface area contributed by atoms with Gasteiger partial charge in [-0.1, -0.05) is 18.5 Å². The van der Waals surface area contributed by atoms with E-state index in [0.29, 0.717) is 6.54 Å². The molecule has 1 fully saturated rings. The molecule has 1 aromatic rings. The van der Waals surface area contributed by atoms with Crippen LogP contribution >= 0.6 is 11.6 Å². The number of carbonyl (C=O) groups is 2. The van der Waals surface area contributed by atoms with E-state index in [1.165, 1.54) is 17.0 Å². The van der Waals surface area contributed by atoms with Crippen molar-refractivity contribution in [1.29, 1.82) is 0 Å². The third-order valence-electron chi connectivity index (χ3n) is 3.53. The summed E-state index contributed by atoms with van der Waals surface area (Å²) in [5, 5.41) is 9.12. The van der Waals surface area contributed by atoms with Gasteiger partial charge in [0.05, 0.1) is 10.9 Å². The van der Waals surface area contributed by atoms with Crippen LogP contribution in [-0.2, 0) is 9.59 Å². The van der Waals surface area contributed by atoms with Crippen molar-refractivity contribution in [2.75, 3.05) is 19.7 Å². The average Bonchev–Trinajstić information content (AvgIpc) is 2.80. The predicted octanol–water partition coefficient (Wildman–Crippen LogP) is 2.04. The van der Waals surface area contributed by atoms with Crippen LogP contribution in [0.5, 0.6) is 5.75 Å². The second-order valence-corrected chi connectivity index (χ2v) is 5.49. The lowest BCUT2D eigenvalue weighted by Gasteiger charge is -2.16. The number of aliphatic carboxylic acids is 1. The molecule has 1 saturated heterocycles. The fourth-order valence-electron chi connectivity index (χ4n) is 2.31. The summed E-state index contributed by atoms with van der Waals surface area (Å²) in [5.41, 5.74) is 0. The molecule has 0 bridgehead atoms. The van der Waals surface area contributed by atoms with Crippen LogP contribution in [0.3, 0.4) is 0 Å². The summed E-state index contributed by atoms with van der Waals surface area (Å²) in [4.78, 5) is 24.5. The highest BCUT2D eigenvalue weighted by Gasteiger charge is 2.36. The molecule has 0 aliphatic carbocycles. The standard InChI is InChI=1S/C14H15ClFNO4/c1-8-5-17(6-10(8)14(19)20)13(18)7-21-12-3-2-9(16)4-11(12)15/h2-4,8,10H,5-7H2,1H3,(H,19,20). The maximum Gasteiger partial charge on any atom is 0.308 e. The van der Waals surface area contributed by atoms with E-state index in [-0.39, 0.29) is 35.7 Å². The zero-order valence-corrected chi connectivity index (χ0v) is 12.1. The molecule has 2 rings (SSSR count). The zero-order valence-electron chi connectivity index (χ0n) is 11.4. The molecule has 2 unspecified atom stereocenters. The third-order valence-corrected chi connectivity index (χ3v) is 3.82. The number of hydrogen-bond donors (Lipinski definition) is 1. The first-order valence-corrected chi connectivity index (χ1v) is 6.84. The SMILES string of the molecule is CC1CN(C(=O)COc2ccc(F)cc2Cl)CC1C(=O)O. The van der Waals surface area contributed by atoms with Crippen LogP contribution in [0.2, 0.25) is 5.02 Å². The Morgan fingerprint density at radius 2 is 2.19 bits per heavy atom. The number of amides is 1. The number of hydrogen-bond acceptors (Lipinski definition) is 3. The van der Waals surface area contributed by atoms with Gasteiger partial charge in [-0.15, -0.1) is 0 Å². The summed E-state index contributed by atoms with van der Waals surface area (Å²) in [7, 11) is 0. The molecule has 0 spiro atoms. The van der Waals surface area contributed by atoms with E-state index in [0.717, 1.165) is 6.07 Å². The Labute approximate surface area is 126 Å². The summed E-state index contributed by atoms with van der Waals surface area (Å²) in [5.74, 6) is -2.14. The molecule has 114 valence electrons. The molecule has 1 amide bonds. The maximum atomic E-state index is 12.9. The van der Waals surface area contributed by atoms with Crippen LogP contribution in [0.4, 0.5) is 4.39 Å². The Hall–Kier alpha value is -1.82. The number of carboxylic acid groups (broad SMARTS) is 1. The number of carboxylic acids is 1. The lowest BCUT2D eigenvalue weighted by molar-refractivity contribution is -0.142. The summed E-state index contributed by atoms with van der Waals surface area (Å²) >= 11 is 5.79. The van der Waals surface area contributed by atoms with Crippen LogP contribution in [0.15, 0.2) is 18.2 Å². The number of carbonyl (C=O) groups excluding carboxylic acids is 1. The Kier molecular flexibility index (Phi) is 4.67. The predicted molar refractivity (Wildman–Crippen MR) is 73.8 cm³/mol. The molecule has 1 heterocycles. The van der Waals surface area contributed by atoms with Crippen LogP contribution in [0, 0.1) is 17.7 Å². The number of ether oxygens (including phenoxy) is 1. The van der Waals surface area contributed by atoms with Gasteiger partial charge in [-0.05, 0) is 24.1 Å². The lowest BCUT2D eigenvalue weighted by atomic mass is 9.99. The van der Waals surface area contributed by atoms with Gasteiger partial charge in [-0.3, -0.25) is 9.59 Å². The fraction of sp³-hybridized carbons (Fsp3) is 0.429. The molecule has 7 heteroatoms. The van der Waals surface area contributed by atoms with E-state index < -0.39 is 17.7 Å². The van der Waals surface area contributed by atoms with Gasteiger partial charge in [0.15, 0.2) is 6.61 Å². The van der Waals surface area contributed by atoms with E-state index in [9.17, 15) is 14.0 Å². The largest absolute Gasteiger partial charge is 0.482 e. The van der Waals surface area contributed by atoms with Gasteiger partial charge in [-0.25, -0.2) is 4.39 Å². The highest BCUT2D eigenvalue weighted by Crippen LogP contribution is 2.26. The Bertz CT molecular complexity index is 566. The van der Waals surface area contributed by atoms with Crippen LogP contribution in [-0.4, -0.2) is 41.6 Å². The van der Waals surface area contributed by atoms with Crippen LogP contribution in [0.25, 0.3) is 0 Å². The second kappa shape index (κ2) is 6.30. The Morgan fingerprint density at radius 1 is 1.48 bits per heavy atom. The molecule has 0 aromatic heterocycles. The number of nitrogens with zero attached hydrogens (tertiary/aromatic N) is 1. The van der Waals surface area contributed by atoms with Gasteiger partial charge < -0.3 is 14.7 Å². The van der Waals surface area contributed by atoms with E-state index in [4.69, 9.17) is 21.4 Å². The molecule has 0 saturated carbocycles. The van der Waals surface area contributed by atoms with Crippen molar-refractivity contribution >= 4 is 23.5 Å². The molecular formula is C14H15ClFNO4. The molecule has 1 aromatic carbocycles. The summed E-state index contributed by atoms with van der Waals surface area (Å²) in [6.07, 6.45) is 0. The average molecular weight is 316 g/mol. The monoisotopic (exact) mass is 315 g/mol. The number of benzene rings is 1. The van der Waals surface area contributed by atoms with E-state index in [1.54, 1.807) is 6.92 Å². The summed E-state index contributed by atoms with van der Waals surface area (Å²) in [6, 6.07) is 3.63. The van der Waals surface area contributed by atoms with Gasteiger partial charge in [0, 0.05) is 13.1 Å². The van der Waals surface area contributed by atoms with Crippen molar-refractivity contribution < 1.29 is 23.8 Å². The van der Waals surface area contributed by atoms with Crippen molar-refractivity contribution in [2.24, 2.45) is 11.8 Å². The molecule has 5 nitrogen and oxygen atoms in total. The van der Waals surface area contributed by atoms with E-state index >= 15 is 0 Å². The highest BCUT2D eigenvalue weighted by atomic mass is 35.5. The normalized spacial score (nSPS) is 21.4. The van der Waals surface area contributed by atoms with Gasteiger partial charge in [0.2, 0.25) is 0 Å². The van der Waals surface area contributed by atoms with E-state index in [1.807, 2.05) is 0 Å². The topological polar surface area (TPSA) is 66.8 Å². The molecule has 1 N–H and O–H groups in total. The van der Waals surface area contributed by atoms with Crippen molar-refractivity contribution in [3.05, 3.63) is 29.0 Å². The number of rotatable bonds is 4. The van der Waals surface area contributed by atoms with Gasteiger partial charge in [0.25, 0.3) is 5.91 Å². The van der Waals surface area contributed by atoms with Gasteiger partial charge >= 0.3 is 5.97 Å². The first-order chi connectivity index (χ1) is 9.88. The minimum Gasteiger partial charge on any atom is -0.482 e. The van der Waals surface area contributed by atoms with E-state index in [2.05, 4.69) is 0 Å². The smallest absolute Gasteiger partial charge is 0.308 e. The lowest BCUT2D eigenvalue weighted by Crippen LogP contribution is -2.33. The van der Waals surface area contributed by atoms with Crippen LogP contribution < -0.4 is 4.74 Å². The number of halogens is 2. The highest BCUT2D eigenvalue weighted by molar-refractivity contribution is 6.32. The zero-order chi connectivity index (χ0) is 15.6. The molecule has 1 aliphatic heterocycles. The summed E-state index contributed by atoms with van der Waals surface area (Å²) < 4.78 is 18.1. The summed E-state index contributed by atoms with van der Waals surface area (Å²) in [6.45, 7) is 2.10. The Balaban J connectivity index is 1.92. The first-order valence-electron chi connectivity index (χ1n) is 6.47. The van der Waals surface area contributed by atoms with Crippen molar-refractivity contribution in [3.8, 4) is 5.75 Å². The minimum absolute atomic E-state index is 0.0843. The van der Waals surface area contributed by atoms with Crippen LogP contribution in [0.1, 0.15) is 6.92 Å². The van der Waals surface area contributed by atoms with Crippen molar-refractivity contribution in [2.45, 2.75) is 6.92 Å². The van der Waals surface area contributed by atoms with Crippen molar-refractivity contribution in [3.63, 3.8) is 0 Å². The quantitative estimate of drug-likeness (QED) is 0.923. The molecule has 0 radical (unpaired) electrons. The minimum atomic E-state index is -0.903. The molecule has 1 aliphatic rings. The molecular weight excluding hydrogens is 301 g/mol. The van der Waals surface area contributed by atoms with Crippen molar-refractivity contribution in [1.82, 2.24) is 4.90 Å². The molecule has 2 atom stereocenters. The van der Waals surface area contributed by atoms with Gasteiger partial charge in [-0.2, -0.15) is 0 Å². The fourth-order valence-corrected chi connectivity index (χ4v) is 2.54. The molecule has 21 heavy (non-hydrogen) atoms. The Morgan fingerprint density at radius 3 is 2.76 bits per heavy atom. The second-order valence-electron chi connectivity index (χ2n) is 5.08. The third kappa shape index (κ3) is 3.64. The maximum absolute atomic E-state index is 12.9. The van der Waals surface area contributed by atoms with Gasteiger partial charge in [0.1, 0.15) is 11.6 Å².